The first-order valence-corrected chi connectivity index (χ1v) is 12.8. The molecule has 2 aliphatic rings. The van der Waals surface area contributed by atoms with Crippen molar-refractivity contribution in [2.24, 2.45) is 11.3 Å². The molecule has 1 amide bonds. The standard InChI is InChI=1S/C28H28FN7O3/c1-28(26(37)33-20-8-11-30-12-9-20)15-38-25(39-16-28)24-35-22(18-4-6-19(29)7-5-18)23(36-24)21-10-13-31-27(34-21)32-14-17-2-3-17/h4-13,17,25H,2-3,14-16H2,1H3,(H,35,36)(H,30,33,37)(H,31,32,34). The van der Waals surface area contributed by atoms with Crippen molar-refractivity contribution in [1.82, 2.24) is 24.9 Å². The molecule has 6 rings (SSSR count). The second-order valence-electron chi connectivity index (χ2n) is 10.1. The molecule has 4 aromatic rings. The molecule has 3 aromatic heterocycles. The highest BCUT2D eigenvalue weighted by molar-refractivity contribution is 5.95. The minimum atomic E-state index is -0.899. The van der Waals surface area contributed by atoms with Crippen LogP contribution >= 0.6 is 0 Å². The first-order valence-electron chi connectivity index (χ1n) is 12.8. The molecule has 0 atom stereocenters. The number of carbonyl (C=O) groups is 1. The lowest BCUT2D eigenvalue weighted by molar-refractivity contribution is -0.229. The fourth-order valence-electron chi connectivity index (χ4n) is 4.26. The number of aromatic amines is 1. The van der Waals surface area contributed by atoms with Crippen LogP contribution in [0.5, 0.6) is 0 Å². The minimum absolute atomic E-state index is 0.124. The van der Waals surface area contributed by atoms with Crippen LogP contribution in [0.25, 0.3) is 22.6 Å². The number of anilines is 2. The van der Waals surface area contributed by atoms with Gasteiger partial charge in [0.05, 0.1) is 35.7 Å². The highest BCUT2D eigenvalue weighted by atomic mass is 19.1. The van der Waals surface area contributed by atoms with Gasteiger partial charge in [-0.25, -0.2) is 19.3 Å². The van der Waals surface area contributed by atoms with E-state index in [2.05, 4.69) is 30.6 Å². The largest absolute Gasteiger partial charge is 0.354 e. The van der Waals surface area contributed by atoms with Gasteiger partial charge in [0.2, 0.25) is 18.1 Å². The molecule has 1 aliphatic carbocycles. The van der Waals surface area contributed by atoms with E-state index < -0.39 is 11.7 Å². The summed E-state index contributed by atoms with van der Waals surface area (Å²) in [5.74, 6) is 1.07. The third-order valence-electron chi connectivity index (χ3n) is 6.81. The molecule has 1 saturated carbocycles. The summed E-state index contributed by atoms with van der Waals surface area (Å²) in [6, 6.07) is 11.3. The number of nitrogens with one attached hydrogen (secondary N) is 3. The number of rotatable bonds is 8. The lowest BCUT2D eigenvalue weighted by Gasteiger charge is -2.35. The Bertz CT molecular complexity index is 1450. The second-order valence-corrected chi connectivity index (χ2v) is 10.1. The van der Waals surface area contributed by atoms with Gasteiger partial charge >= 0.3 is 0 Å². The maximum atomic E-state index is 13.7. The first kappa shape index (κ1) is 25.1. The van der Waals surface area contributed by atoms with Crippen molar-refractivity contribution in [3.63, 3.8) is 0 Å². The molecule has 3 N–H and O–H groups in total. The van der Waals surface area contributed by atoms with Gasteiger partial charge in [0.15, 0.2) is 5.82 Å². The van der Waals surface area contributed by atoms with Gasteiger partial charge in [-0.3, -0.25) is 9.78 Å². The van der Waals surface area contributed by atoms with Gasteiger partial charge in [-0.2, -0.15) is 0 Å². The summed E-state index contributed by atoms with van der Waals surface area (Å²) in [7, 11) is 0. The molecule has 0 radical (unpaired) electrons. The Morgan fingerprint density at radius 3 is 2.51 bits per heavy atom. The predicted octanol–water partition coefficient (Wildman–Crippen LogP) is 4.58. The van der Waals surface area contributed by atoms with E-state index in [1.165, 1.54) is 25.0 Å². The summed E-state index contributed by atoms with van der Waals surface area (Å²) >= 11 is 0. The second kappa shape index (κ2) is 10.5. The Labute approximate surface area is 224 Å². The van der Waals surface area contributed by atoms with Crippen LogP contribution in [-0.4, -0.2) is 50.6 Å². The Morgan fingerprint density at radius 2 is 1.79 bits per heavy atom. The van der Waals surface area contributed by atoms with Crippen molar-refractivity contribution in [3.05, 3.63) is 72.7 Å². The maximum absolute atomic E-state index is 13.7. The van der Waals surface area contributed by atoms with Crippen molar-refractivity contribution < 1.29 is 18.7 Å². The van der Waals surface area contributed by atoms with Gasteiger partial charge in [0.25, 0.3) is 0 Å². The fourth-order valence-corrected chi connectivity index (χ4v) is 4.26. The predicted molar refractivity (Wildman–Crippen MR) is 142 cm³/mol. The molecule has 0 spiro atoms. The average molecular weight is 530 g/mol. The monoisotopic (exact) mass is 529 g/mol. The molecule has 200 valence electrons. The smallest absolute Gasteiger partial charge is 0.235 e. The van der Waals surface area contributed by atoms with E-state index in [9.17, 15) is 9.18 Å². The molecule has 2 fully saturated rings. The van der Waals surface area contributed by atoms with E-state index in [0.29, 0.717) is 46.0 Å². The van der Waals surface area contributed by atoms with Crippen molar-refractivity contribution in [3.8, 4) is 22.6 Å². The van der Waals surface area contributed by atoms with Crippen molar-refractivity contribution in [2.75, 3.05) is 30.4 Å². The van der Waals surface area contributed by atoms with E-state index in [1.807, 2.05) is 0 Å². The van der Waals surface area contributed by atoms with Crippen molar-refractivity contribution in [2.45, 2.75) is 26.1 Å². The summed E-state index contributed by atoms with van der Waals surface area (Å²) in [5.41, 5.74) is 2.28. The zero-order chi connectivity index (χ0) is 26.8. The lowest BCUT2D eigenvalue weighted by atomic mass is 9.91. The number of aromatic nitrogens is 5. The average Bonchev–Trinajstić information content (AvgIpc) is 3.69. The van der Waals surface area contributed by atoms with Gasteiger partial charge in [0, 0.05) is 36.4 Å². The lowest BCUT2D eigenvalue weighted by Crippen LogP contribution is -2.45. The van der Waals surface area contributed by atoms with Crippen LogP contribution < -0.4 is 10.6 Å². The molecule has 1 aliphatic heterocycles. The highest BCUT2D eigenvalue weighted by Gasteiger charge is 2.41. The SMILES string of the molecule is CC1(C(=O)Nc2ccncc2)COC(c2nc(-c3ccc(F)cc3)c(-c3ccnc(NCC4CC4)n3)[nH]2)OC1. The van der Waals surface area contributed by atoms with Crippen LogP contribution in [0.4, 0.5) is 16.0 Å². The van der Waals surface area contributed by atoms with Crippen LogP contribution in [0.15, 0.2) is 61.1 Å². The molecular formula is C28H28FN7O3. The maximum Gasteiger partial charge on any atom is 0.235 e. The minimum Gasteiger partial charge on any atom is -0.354 e. The summed E-state index contributed by atoms with van der Waals surface area (Å²) < 4.78 is 25.7. The highest BCUT2D eigenvalue weighted by Crippen LogP contribution is 2.36. The van der Waals surface area contributed by atoms with Gasteiger partial charge in [-0.05, 0) is 68.1 Å². The van der Waals surface area contributed by atoms with E-state index in [1.54, 1.807) is 55.8 Å². The van der Waals surface area contributed by atoms with Crippen LogP contribution in [-0.2, 0) is 14.3 Å². The number of nitrogens with zero attached hydrogens (tertiary/aromatic N) is 4. The molecule has 1 aromatic carbocycles. The molecule has 0 bridgehead atoms. The topological polar surface area (TPSA) is 127 Å². The van der Waals surface area contributed by atoms with Crippen molar-refractivity contribution >= 4 is 17.5 Å². The number of hydrogen-bond acceptors (Lipinski definition) is 8. The van der Waals surface area contributed by atoms with Crippen LogP contribution in [0.1, 0.15) is 31.9 Å². The Hall–Kier alpha value is -4.22. The zero-order valence-electron chi connectivity index (χ0n) is 21.4. The van der Waals surface area contributed by atoms with E-state index >= 15 is 0 Å². The Kier molecular flexibility index (Phi) is 6.76. The molecule has 39 heavy (non-hydrogen) atoms. The van der Waals surface area contributed by atoms with Gasteiger partial charge in [0.1, 0.15) is 5.82 Å². The van der Waals surface area contributed by atoms with Gasteiger partial charge in [-0.1, -0.05) is 0 Å². The quantitative estimate of drug-likeness (QED) is 0.303. The van der Waals surface area contributed by atoms with E-state index in [4.69, 9.17) is 14.5 Å². The fraction of sp³-hybridized carbons (Fsp3) is 0.321. The van der Waals surface area contributed by atoms with E-state index in [0.717, 1.165) is 6.54 Å². The number of H-pyrrole nitrogens is 1. The Morgan fingerprint density at radius 1 is 1.05 bits per heavy atom. The van der Waals surface area contributed by atoms with Gasteiger partial charge in [-0.15, -0.1) is 0 Å². The summed E-state index contributed by atoms with van der Waals surface area (Å²) in [6.45, 7) is 2.87. The number of pyridine rings is 1. The number of benzene rings is 1. The third-order valence-corrected chi connectivity index (χ3v) is 6.81. The zero-order valence-corrected chi connectivity index (χ0v) is 21.4. The molecule has 1 saturated heterocycles. The van der Waals surface area contributed by atoms with Gasteiger partial charge < -0.3 is 25.1 Å². The first-order chi connectivity index (χ1) is 19.0. The number of ether oxygens (including phenoxy) is 2. The van der Waals surface area contributed by atoms with Crippen LogP contribution in [0, 0.1) is 17.2 Å². The van der Waals surface area contributed by atoms with Crippen LogP contribution in [0.2, 0.25) is 0 Å². The molecule has 10 nitrogen and oxygen atoms in total. The number of hydrogen-bond donors (Lipinski definition) is 3. The molecular weight excluding hydrogens is 501 g/mol. The number of imidazole rings is 1. The van der Waals surface area contributed by atoms with Crippen molar-refractivity contribution in [1.29, 1.82) is 0 Å². The summed E-state index contributed by atoms with van der Waals surface area (Å²) in [4.78, 5) is 34.0. The number of halogens is 1. The molecule has 11 heteroatoms. The number of amides is 1. The molecule has 4 heterocycles. The van der Waals surface area contributed by atoms with E-state index in [-0.39, 0.29) is 24.9 Å². The summed E-state index contributed by atoms with van der Waals surface area (Å²) in [6.07, 6.45) is 6.52. The van der Waals surface area contributed by atoms with Crippen LogP contribution in [0.3, 0.4) is 0 Å². The number of carbonyl (C=O) groups excluding carboxylic acids is 1. The third kappa shape index (κ3) is 5.64. The Balaban J connectivity index is 1.24. The molecule has 0 unspecified atom stereocenters. The summed E-state index contributed by atoms with van der Waals surface area (Å²) in [5, 5.41) is 6.17. The normalized spacial score (nSPS) is 20.9.